The summed E-state index contributed by atoms with van der Waals surface area (Å²) < 4.78 is 18.4. The van der Waals surface area contributed by atoms with Gasteiger partial charge in [0, 0.05) is 12.0 Å². The van der Waals surface area contributed by atoms with Crippen LogP contribution in [0.5, 0.6) is 5.75 Å². The minimum atomic E-state index is -0.821. The number of allylic oxidation sites excluding steroid dienone is 2. The number of aliphatic carboxylic acids is 1. The number of carboxylic acid groups (broad SMARTS) is 1. The summed E-state index contributed by atoms with van der Waals surface area (Å²) in [6, 6.07) is 4.31. The Kier molecular flexibility index (Phi) is 6.94. The van der Waals surface area contributed by atoms with E-state index in [1.165, 1.54) is 25.3 Å². The summed E-state index contributed by atoms with van der Waals surface area (Å²) in [6.45, 7) is 6.00. The van der Waals surface area contributed by atoms with Crippen LogP contribution in [-0.2, 0) is 4.79 Å². The average Bonchev–Trinajstić information content (AvgIpc) is 2.50. The van der Waals surface area contributed by atoms with Crippen molar-refractivity contribution in [1.29, 1.82) is 5.41 Å². The quantitative estimate of drug-likeness (QED) is 0.702. The number of nitrogens with one attached hydrogen (secondary N) is 1. The molecule has 0 aliphatic carbocycles. The molecule has 1 atom stereocenters. The van der Waals surface area contributed by atoms with Crippen molar-refractivity contribution < 1.29 is 19.0 Å². The monoisotopic (exact) mass is 321 g/mol. The molecule has 0 heterocycles. The fourth-order valence-corrected chi connectivity index (χ4v) is 2.46. The number of methoxy groups -OCH3 is 1. The van der Waals surface area contributed by atoms with Gasteiger partial charge in [-0.15, -0.1) is 0 Å². The fraction of sp³-hybridized carbons (Fsp3) is 0.444. The van der Waals surface area contributed by atoms with Gasteiger partial charge >= 0.3 is 5.97 Å². The molecule has 5 heteroatoms. The Labute approximate surface area is 136 Å². The Bertz CT molecular complexity index is 608. The summed E-state index contributed by atoms with van der Waals surface area (Å²) in [4.78, 5) is 10.7. The third-order valence-electron chi connectivity index (χ3n) is 3.80. The van der Waals surface area contributed by atoms with Crippen LogP contribution in [0.15, 0.2) is 29.8 Å². The van der Waals surface area contributed by atoms with Crippen LogP contribution >= 0.6 is 0 Å². The molecule has 23 heavy (non-hydrogen) atoms. The number of ether oxygens (including phenoxy) is 1. The van der Waals surface area contributed by atoms with Gasteiger partial charge in [-0.2, -0.15) is 0 Å². The van der Waals surface area contributed by atoms with Gasteiger partial charge in [-0.05, 0) is 42.5 Å². The molecule has 0 bridgehead atoms. The number of benzene rings is 1. The lowest BCUT2D eigenvalue weighted by molar-refractivity contribution is -0.137. The number of carboxylic acids is 1. The van der Waals surface area contributed by atoms with E-state index in [1.54, 1.807) is 6.08 Å². The Hall–Kier alpha value is -2.17. The predicted molar refractivity (Wildman–Crippen MR) is 88.7 cm³/mol. The van der Waals surface area contributed by atoms with Gasteiger partial charge in [-0.25, -0.2) is 4.39 Å². The van der Waals surface area contributed by atoms with E-state index < -0.39 is 11.8 Å². The molecule has 4 nitrogen and oxygen atoms in total. The van der Waals surface area contributed by atoms with Crippen molar-refractivity contribution in [1.82, 2.24) is 0 Å². The lowest BCUT2D eigenvalue weighted by Crippen LogP contribution is -2.11. The molecular weight excluding hydrogens is 297 g/mol. The van der Waals surface area contributed by atoms with Gasteiger partial charge < -0.3 is 15.3 Å². The summed E-state index contributed by atoms with van der Waals surface area (Å²) in [5.74, 6) is -0.925. The molecule has 1 aromatic rings. The Balaban J connectivity index is 3.02. The lowest BCUT2D eigenvalue weighted by atomic mass is 9.86. The van der Waals surface area contributed by atoms with E-state index in [0.29, 0.717) is 12.0 Å². The lowest BCUT2D eigenvalue weighted by Gasteiger charge is -2.19. The molecule has 0 spiro atoms. The molecule has 0 saturated carbocycles. The van der Waals surface area contributed by atoms with Crippen molar-refractivity contribution in [2.24, 2.45) is 11.8 Å². The van der Waals surface area contributed by atoms with Gasteiger partial charge in [0.15, 0.2) is 11.6 Å². The number of halogens is 1. The standard InChI is InChI=1S/C18H24FNO3/c1-11(2)14(12(3)5-8-18(21)22)10-16(20)13-6-7-15(19)17(9-13)23-4/h6-7,9-12,20H,5,8H2,1-4H3,(H,21,22). The number of carbonyl (C=O) groups is 1. The van der Waals surface area contributed by atoms with Crippen LogP contribution in [0, 0.1) is 23.1 Å². The van der Waals surface area contributed by atoms with Crippen LogP contribution in [-0.4, -0.2) is 23.9 Å². The summed E-state index contributed by atoms with van der Waals surface area (Å²) in [5, 5.41) is 17.1. The SMILES string of the molecule is COc1cc(C(=N)C=C(C(C)C)C(C)CCC(=O)O)ccc1F. The zero-order valence-electron chi connectivity index (χ0n) is 14.0. The van der Waals surface area contributed by atoms with Crippen molar-refractivity contribution in [3.8, 4) is 5.75 Å². The summed E-state index contributed by atoms with van der Waals surface area (Å²) in [5.41, 5.74) is 1.83. The Morgan fingerprint density at radius 1 is 1.39 bits per heavy atom. The van der Waals surface area contributed by atoms with Crippen molar-refractivity contribution in [3.63, 3.8) is 0 Å². The van der Waals surface area contributed by atoms with Crippen LogP contribution in [0.25, 0.3) is 0 Å². The first-order valence-electron chi connectivity index (χ1n) is 7.62. The van der Waals surface area contributed by atoms with Gasteiger partial charge in [-0.3, -0.25) is 4.79 Å². The van der Waals surface area contributed by atoms with Gasteiger partial charge in [0.25, 0.3) is 0 Å². The van der Waals surface area contributed by atoms with Crippen LogP contribution in [0.4, 0.5) is 4.39 Å². The van der Waals surface area contributed by atoms with Gasteiger partial charge in [-0.1, -0.05) is 26.3 Å². The third kappa shape index (κ3) is 5.51. The van der Waals surface area contributed by atoms with Gasteiger partial charge in [0.2, 0.25) is 0 Å². The van der Waals surface area contributed by atoms with E-state index in [0.717, 1.165) is 5.57 Å². The number of rotatable bonds is 8. The highest BCUT2D eigenvalue weighted by molar-refractivity contribution is 6.07. The molecule has 0 aliphatic rings. The first-order valence-corrected chi connectivity index (χ1v) is 7.62. The maximum Gasteiger partial charge on any atom is 0.303 e. The first kappa shape index (κ1) is 18.9. The summed E-state index contributed by atoms with van der Waals surface area (Å²) >= 11 is 0. The van der Waals surface area contributed by atoms with Crippen molar-refractivity contribution in [3.05, 3.63) is 41.2 Å². The largest absolute Gasteiger partial charge is 0.494 e. The second kappa shape index (κ2) is 8.46. The third-order valence-corrected chi connectivity index (χ3v) is 3.80. The minimum Gasteiger partial charge on any atom is -0.494 e. The van der Waals surface area contributed by atoms with E-state index in [1.807, 2.05) is 20.8 Å². The molecule has 1 rings (SSSR count). The zero-order valence-corrected chi connectivity index (χ0v) is 14.0. The molecule has 0 radical (unpaired) electrons. The van der Waals surface area contributed by atoms with E-state index >= 15 is 0 Å². The van der Waals surface area contributed by atoms with Crippen LogP contribution in [0.2, 0.25) is 0 Å². The smallest absolute Gasteiger partial charge is 0.303 e. The Morgan fingerprint density at radius 2 is 2.04 bits per heavy atom. The Morgan fingerprint density at radius 3 is 2.57 bits per heavy atom. The molecular formula is C18H24FNO3. The van der Waals surface area contributed by atoms with Crippen molar-refractivity contribution in [2.45, 2.75) is 33.6 Å². The highest BCUT2D eigenvalue weighted by Crippen LogP contribution is 2.25. The fourth-order valence-electron chi connectivity index (χ4n) is 2.46. The molecule has 1 unspecified atom stereocenters. The van der Waals surface area contributed by atoms with Gasteiger partial charge in [0.1, 0.15) is 0 Å². The normalized spacial score (nSPS) is 13.0. The summed E-state index contributed by atoms with van der Waals surface area (Å²) in [7, 11) is 1.38. The highest BCUT2D eigenvalue weighted by Gasteiger charge is 2.15. The van der Waals surface area contributed by atoms with Crippen LogP contribution in [0.3, 0.4) is 0 Å². The molecule has 0 aliphatic heterocycles. The second-order valence-corrected chi connectivity index (χ2v) is 5.90. The van der Waals surface area contributed by atoms with Crippen molar-refractivity contribution in [2.75, 3.05) is 7.11 Å². The van der Waals surface area contributed by atoms with E-state index in [9.17, 15) is 9.18 Å². The predicted octanol–water partition coefficient (Wildman–Crippen LogP) is 4.29. The van der Waals surface area contributed by atoms with Crippen LogP contribution < -0.4 is 4.74 Å². The zero-order chi connectivity index (χ0) is 17.6. The maximum absolute atomic E-state index is 13.5. The number of hydrogen-bond donors (Lipinski definition) is 2. The molecule has 0 saturated heterocycles. The maximum atomic E-state index is 13.5. The van der Waals surface area contributed by atoms with E-state index in [2.05, 4.69) is 0 Å². The molecule has 0 aromatic heterocycles. The minimum absolute atomic E-state index is 0.0637. The van der Waals surface area contributed by atoms with Crippen LogP contribution in [0.1, 0.15) is 39.2 Å². The average molecular weight is 321 g/mol. The molecule has 126 valence electrons. The van der Waals surface area contributed by atoms with Crippen molar-refractivity contribution >= 4 is 11.7 Å². The first-order chi connectivity index (χ1) is 10.8. The number of hydrogen-bond acceptors (Lipinski definition) is 3. The molecule has 0 fully saturated rings. The summed E-state index contributed by atoms with van der Waals surface area (Å²) in [6.07, 6.45) is 2.38. The van der Waals surface area contributed by atoms with Gasteiger partial charge in [0.05, 0.1) is 12.8 Å². The molecule has 2 N–H and O–H groups in total. The highest BCUT2D eigenvalue weighted by atomic mass is 19.1. The topological polar surface area (TPSA) is 70.4 Å². The molecule has 0 amide bonds. The second-order valence-electron chi connectivity index (χ2n) is 5.90. The van der Waals surface area contributed by atoms with E-state index in [4.69, 9.17) is 15.3 Å². The van der Waals surface area contributed by atoms with E-state index in [-0.39, 0.29) is 29.7 Å². The molecule has 1 aromatic carbocycles.